The summed E-state index contributed by atoms with van der Waals surface area (Å²) in [7, 11) is 0. The highest BCUT2D eigenvalue weighted by atomic mass is 35.5. The average Bonchev–Trinajstić information content (AvgIpc) is 3.98. The molecule has 0 saturated carbocycles. The fourth-order valence-electron chi connectivity index (χ4n) is 6.67. The van der Waals surface area contributed by atoms with Crippen LogP contribution in [-0.4, -0.2) is 76.8 Å². The molecule has 4 aromatic carbocycles. The molecular weight excluding hydrogens is 885 g/mol. The van der Waals surface area contributed by atoms with Crippen molar-refractivity contribution in [2.45, 2.75) is 25.4 Å². The number of piperazine rings is 1. The Balaban J connectivity index is 0.000000404. The molecule has 2 aliphatic heterocycles. The molecule has 2 unspecified atom stereocenters. The van der Waals surface area contributed by atoms with Gasteiger partial charge in [-0.15, -0.1) is 0 Å². The highest BCUT2D eigenvalue weighted by Gasteiger charge is 2.46. The smallest absolute Gasteiger partial charge is 0.218 e. The van der Waals surface area contributed by atoms with E-state index in [2.05, 4.69) is 20.0 Å². The predicted octanol–water partition coefficient (Wildman–Crippen LogP) is 8.63. The van der Waals surface area contributed by atoms with E-state index in [1.807, 2.05) is 29.2 Å². The maximum Gasteiger partial charge on any atom is 0.218 e. The number of hydrogen-bond donors (Lipinski definition) is 1. The lowest BCUT2D eigenvalue weighted by molar-refractivity contribution is -0.192. The Hall–Kier alpha value is -5.30. The zero-order chi connectivity index (χ0) is 43.4. The SMILES string of the molecule is CC(=O)c1c(Cl)cc(Cl)cc1Cl.Nc1nc(N2CCN(c3ccc(OCC4COC(Cn5cncn5)(c5ccc(F)cc5F)O4)cc3)CC2)sc1C(=O)c1ccc(F)cc1F. The standard InChI is InChI=1S/C33H29F4N7O4S.C8H5Cl3O/c34-20-1-7-25(27(36)13-20)29(45)30-31(38)41-32(49-30)43-11-9-42(10-12-43)22-3-5-23(6-4-22)46-15-24-16-47-33(48-24,17-44-19-39-18-40-44)26-8-2-21(35)14-28(26)37;1-4(12)8-6(10)2-5(9)3-7(8)11/h1-8,13-14,18-19,24H,9-12,15-17,38H2;2-3H,1H3. The normalized spacial score (nSPS) is 17.5. The van der Waals surface area contributed by atoms with Crippen LogP contribution in [-0.2, 0) is 21.8 Å². The molecule has 0 radical (unpaired) electrons. The van der Waals surface area contributed by atoms with E-state index < -0.39 is 40.9 Å². The minimum Gasteiger partial charge on any atom is -0.491 e. The van der Waals surface area contributed by atoms with Crippen LogP contribution in [0, 0.1) is 23.3 Å². The van der Waals surface area contributed by atoms with Crippen molar-refractivity contribution in [3.8, 4) is 5.75 Å². The molecule has 2 saturated heterocycles. The molecule has 0 spiro atoms. The number of rotatable bonds is 11. The highest BCUT2D eigenvalue weighted by molar-refractivity contribution is 7.18. The van der Waals surface area contributed by atoms with E-state index in [-0.39, 0.29) is 47.4 Å². The molecule has 2 aliphatic rings. The maximum absolute atomic E-state index is 14.9. The van der Waals surface area contributed by atoms with Crippen LogP contribution in [0.2, 0.25) is 15.1 Å². The number of nitrogens with zero attached hydrogens (tertiary/aromatic N) is 6. The lowest BCUT2D eigenvalue weighted by Crippen LogP contribution is -2.46. The third-order valence-corrected chi connectivity index (χ3v) is 11.6. The number of Topliss-reactive ketones (excluding diaryl/α,β-unsaturated/α-hetero) is 1. The second-order valence-corrected chi connectivity index (χ2v) is 16.0. The number of nitrogen functional groups attached to an aromatic ring is 1. The number of carbonyl (C=O) groups excluding carboxylic acids is 2. The third kappa shape index (κ3) is 10.1. The number of anilines is 3. The molecule has 8 rings (SSSR count). The summed E-state index contributed by atoms with van der Waals surface area (Å²) in [5.74, 6) is -4.99. The fraction of sp³-hybridized carbons (Fsp3) is 0.244. The first-order valence-electron chi connectivity index (χ1n) is 18.4. The number of carbonyl (C=O) groups is 2. The van der Waals surface area contributed by atoms with Crippen LogP contribution in [0.5, 0.6) is 5.75 Å². The molecule has 2 atom stereocenters. The minimum atomic E-state index is -1.55. The molecule has 61 heavy (non-hydrogen) atoms. The van der Waals surface area contributed by atoms with Gasteiger partial charge in [0.15, 0.2) is 10.9 Å². The number of nitrogens with two attached hydrogens (primary N) is 1. The Morgan fingerprint density at radius 3 is 2.18 bits per heavy atom. The third-order valence-electron chi connectivity index (χ3n) is 9.61. The van der Waals surface area contributed by atoms with Gasteiger partial charge in [0, 0.05) is 54.6 Å². The number of aromatic nitrogens is 4. The first kappa shape index (κ1) is 43.8. The molecule has 20 heteroatoms. The van der Waals surface area contributed by atoms with E-state index in [0.29, 0.717) is 63.8 Å². The average molecular weight is 919 g/mol. The number of ketones is 2. The van der Waals surface area contributed by atoms with Crippen LogP contribution in [0.15, 0.2) is 85.5 Å². The van der Waals surface area contributed by atoms with Crippen LogP contribution in [0.25, 0.3) is 0 Å². The van der Waals surface area contributed by atoms with Gasteiger partial charge in [-0.2, -0.15) is 5.10 Å². The molecule has 4 heterocycles. The summed E-state index contributed by atoms with van der Waals surface area (Å²) in [6.45, 7) is 4.17. The number of thiazole rings is 1. The van der Waals surface area contributed by atoms with Crippen LogP contribution < -0.4 is 20.3 Å². The summed E-state index contributed by atoms with van der Waals surface area (Å²) in [5, 5.41) is 5.64. The molecule has 6 aromatic rings. The molecule has 318 valence electrons. The Labute approximate surface area is 365 Å². The maximum atomic E-state index is 14.9. The van der Waals surface area contributed by atoms with Gasteiger partial charge >= 0.3 is 0 Å². The van der Waals surface area contributed by atoms with Crippen LogP contribution >= 0.6 is 46.1 Å². The summed E-state index contributed by atoms with van der Waals surface area (Å²) in [6.07, 6.45) is 2.24. The summed E-state index contributed by atoms with van der Waals surface area (Å²) in [6, 6.07) is 16.6. The van der Waals surface area contributed by atoms with Crippen molar-refractivity contribution in [2.24, 2.45) is 0 Å². The van der Waals surface area contributed by atoms with E-state index in [9.17, 15) is 27.2 Å². The van der Waals surface area contributed by atoms with Gasteiger partial charge in [-0.25, -0.2) is 32.2 Å². The summed E-state index contributed by atoms with van der Waals surface area (Å²) < 4.78 is 75.7. The second-order valence-electron chi connectivity index (χ2n) is 13.8. The highest BCUT2D eigenvalue weighted by Crippen LogP contribution is 2.38. The van der Waals surface area contributed by atoms with E-state index in [1.54, 1.807) is 0 Å². The Morgan fingerprint density at radius 2 is 1.56 bits per heavy atom. The molecule has 2 N–H and O–H groups in total. The zero-order valence-electron chi connectivity index (χ0n) is 32.0. The summed E-state index contributed by atoms with van der Waals surface area (Å²) >= 11 is 18.2. The van der Waals surface area contributed by atoms with Crippen molar-refractivity contribution in [2.75, 3.05) is 54.9 Å². The monoisotopic (exact) mass is 917 g/mol. The lowest BCUT2D eigenvalue weighted by Gasteiger charge is -2.36. The van der Waals surface area contributed by atoms with Gasteiger partial charge in [-0.3, -0.25) is 9.59 Å². The largest absolute Gasteiger partial charge is 0.491 e. The van der Waals surface area contributed by atoms with Gasteiger partial charge in [0.1, 0.15) is 71.6 Å². The molecule has 12 nitrogen and oxygen atoms in total. The molecular formula is C41H34Cl3F4N7O5S. The van der Waals surface area contributed by atoms with E-state index >= 15 is 0 Å². The fourth-order valence-corrected chi connectivity index (χ4v) is 8.75. The molecule has 2 aromatic heterocycles. The quantitative estimate of drug-likeness (QED) is 0.0988. The van der Waals surface area contributed by atoms with Crippen molar-refractivity contribution < 1.29 is 41.4 Å². The van der Waals surface area contributed by atoms with Crippen molar-refractivity contribution in [3.05, 3.63) is 145 Å². The Bertz CT molecular complexity index is 2520. The van der Waals surface area contributed by atoms with Gasteiger partial charge in [-0.1, -0.05) is 46.1 Å². The van der Waals surface area contributed by atoms with Crippen molar-refractivity contribution in [3.63, 3.8) is 0 Å². The predicted molar refractivity (Wildman–Crippen MR) is 223 cm³/mol. The van der Waals surface area contributed by atoms with Gasteiger partial charge in [-0.05, 0) is 67.6 Å². The van der Waals surface area contributed by atoms with Crippen LogP contribution in [0.4, 0.5) is 34.2 Å². The van der Waals surface area contributed by atoms with E-state index in [4.69, 9.17) is 54.7 Å². The number of ether oxygens (including phenoxy) is 3. The Morgan fingerprint density at radius 1 is 0.902 bits per heavy atom. The summed E-state index contributed by atoms with van der Waals surface area (Å²) in [4.78, 5) is 36.5. The van der Waals surface area contributed by atoms with Gasteiger partial charge in [0.05, 0.1) is 27.8 Å². The molecule has 0 aliphatic carbocycles. The Kier molecular flexibility index (Phi) is 13.5. The van der Waals surface area contributed by atoms with E-state index in [1.165, 1.54) is 42.5 Å². The first-order valence-corrected chi connectivity index (χ1v) is 20.4. The van der Waals surface area contributed by atoms with Gasteiger partial charge in [0.2, 0.25) is 11.6 Å². The first-order chi connectivity index (χ1) is 29.2. The van der Waals surface area contributed by atoms with Crippen molar-refractivity contribution in [1.82, 2.24) is 19.7 Å². The molecule has 0 amide bonds. The molecule has 0 bridgehead atoms. The topological polar surface area (TPSA) is 138 Å². The minimum absolute atomic E-state index is 0.000784. The number of halogens is 7. The zero-order valence-corrected chi connectivity index (χ0v) is 35.1. The van der Waals surface area contributed by atoms with E-state index in [0.717, 1.165) is 41.3 Å². The van der Waals surface area contributed by atoms with Gasteiger partial charge in [0.25, 0.3) is 0 Å². The van der Waals surface area contributed by atoms with Crippen LogP contribution in [0.3, 0.4) is 0 Å². The number of benzene rings is 4. The van der Waals surface area contributed by atoms with Crippen molar-refractivity contribution >= 4 is 74.3 Å². The summed E-state index contributed by atoms with van der Waals surface area (Å²) in [5.41, 5.74) is 7.11. The number of hydrogen-bond acceptors (Lipinski definition) is 12. The van der Waals surface area contributed by atoms with Crippen LogP contribution in [0.1, 0.15) is 38.1 Å². The molecule has 2 fully saturated rings. The van der Waals surface area contributed by atoms with Gasteiger partial charge < -0.3 is 29.7 Å². The lowest BCUT2D eigenvalue weighted by atomic mass is 10.0. The van der Waals surface area contributed by atoms with Crippen molar-refractivity contribution in [1.29, 1.82) is 0 Å². The second kappa shape index (κ2) is 18.8.